The van der Waals surface area contributed by atoms with Gasteiger partial charge in [-0.1, -0.05) is 60.7 Å². The molecular formula is C22H30N2. The molecule has 2 nitrogen and oxygen atoms in total. The molecule has 0 aliphatic carbocycles. The molecule has 1 fully saturated rings. The molecule has 1 saturated heterocycles. The molecule has 2 atom stereocenters. The van der Waals surface area contributed by atoms with Gasteiger partial charge in [0.15, 0.2) is 0 Å². The second-order valence-electron chi connectivity index (χ2n) is 7.10. The topological polar surface area (TPSA) is 15.3 Å². The van der Waals surface area contributed by atoms with Crippen LogP contribution in [0.2, 0.25) is 0 Å². The molecule has 0 bridgehead atoms. The smallest absolute Gasteiger partial charge is 0.0233 e. The van der Waals surface area contributed by atoms with Crippen molar-refractivity contribution in [1.29, 1.82) is 0 Å². The minimum Gasteiger partial charge on any atom is -0.314 e. The maximum absolute atomic E-state index is 3.75. The number of rotatable bonds is 8. The highest BCUT2D eigenvalue weighted by Crippen LogP contribution is 2.21. The number of aryl methyl sites for hydroxylation is 1. The van der Waals surface area contributed by atoms with Crippen LogP contribution >= 0.6 is 0 Å². The number of nitrogens with zero attached hydrogens (tertiary/aromatic N) is 1. The van der Waals surface area contributed by atoms with E-state index in [1.54, 1.807) is 0 Å². The molecule has 24 heavy (non-hydrogen) atoms. The summed E-state index contributed by atoms with van der Waals surface area (Å²) in [4.78, 5) is 2.60. The van der Waals surface area contributed by atoms with Crippen molar-refractivity contribution in [3.05, 3.63) is 71.8 Å². The van der Waals surface area contributed by atoms with Crippen molar-refractivity contribution < 1.29 is 0 Å². The molecule has 2 aromatic rings. The Morgan fingerprint density at radius 3 is 2.38 bits per heavy atom. The third-order valence-corrected chi connectivity index (χ3v) is 5.22. The summed E-state index contributed by atoms with van der Waals surface area (Å²) in [6.07, 6.45) is 3.71. The van der Waals surface area contributed by atoms with Crippen molar-refractivity contribution in [1.82, 2.24) is 10.2 Å². The van der Waals surface area contributed by atoms with Crippen LogP contribution in [0.15, 0.2) is 60.7 Å². The maximum Gasteiger partial charge on any atom is 0.0233 e. The predicted octanol–water partition coefficient (Wildman–Crippen LogP) is 4.12. The first-order chi connectivity index (χ1) is 11.8. The lowest BCUT2D eigenvalue weighted by Crippen LogP contribution is -2.36. The Bertz CT molecular complexity index is 581. The predicted molar refractivity (Wildman–Crippen MR) is 102 cm³/mol. The number of hydrogen-bond donors (Lipinski definition) is 1. The largest absolute Gasteiger partial charge is 0.314 e. The molecule has 1 aliphatic heterocycles. The van der Waals surface area contributed by atoms with E-state index >= 15 is 0 Å². The molecule has 0 aromatic heterocycles. The number of hydrogen-bond acceptors (Lipinski definition) is 2. The van der Waals surface area contributed by atoms with Gasteiger partial charge in [0.2, 0.25) is 0 Å². The first-order valence-corrected chi connectivity index (χ1v) is 9.35. The van der Waals surface area contributed by atoms with E-state index < -0.39 is 0 Å². The molecule has 0 spiro atoms. The van der Waals surface area contributed by atoms with Crippen molar-refractivity contribution in [2.75, 3.05) is 19.6 Å². The average Bonchev–Trinajstić information content (AvgIpc) is 3.09. The second kappa shape index (κ2) is 9.00. The molecule has 1 aliphatic rings. The summed E-state index contributed by atoms with van der Waals surface area (Å²) in [7, 11) is 0. The fraction of sp³-hybridized carbons (Fsp3) is 0.455. The van der Waals surface area contributed by atoms with Crippen molar-refractivity contribution in [3.63, 3.8) is 0 Å². The zero-order chi connectivity index (χ0) is 16.6. The summed E-state index contributed by atoms with van der Waals surface area (Å²) in [5.74, 6) is 0.783. The van der Waals surface area contributed by atoms with Crippen molar-refractivity contribution in [3.8, 4) is 0 Å². The summed E-state index contributed by atoms with van der Waals surface area (Å²) in [5.41, 5.74) is 2.88. The number of nitrogens with one attached hydrogen (secondary N) is 1. The van der Waals surface area contributed by atoms with E-state index in [0.717, 1.165) is 19.0 Å². The van der Waals surface area contributed by atoms with E-state index in [0.29, 0.717) is 6.04 Å². The zero-order valence-corrected chi connectivity index (χ0v) is 14.8. The van der Waals surface area contributed by atoms with Gasteiger partial charge in [-0.25, -0.2) is 0 Å². The van der Waals surface area contributed by atoms with Crippen LogP contribution in [0.3, 0.4) is 0 Å². The van der Waals surface area contributed by atoms with Crippen molar-refractivity contribution in [2.24, 2.45) is 5.92 Å². The van der Waals surface area contributed by atoms with Gasteiger partial charge in [0.25, 0.3) is 0 Å². The highest BCUT2D eigenvalue weighted by Gasteiger charge is 2.26. The van der Waals surface area contributed by atoms with Crippen LogP contribution in [0.5, 0.6) is 0 Å². The molecule has 2 heteroatoms. The first-order valence-electron chi connectivity index (χ1n) is 9.35. The second-order valence-corrected chi connectivity index (χ2v) is 7.10. The summed E-state index contributed by atoms with van der Waals surface area (Å²) in [6.45, 7) is 7.03. The molecule has 0 saturated carbocycles. The zero-order valence-electron chi connectivity index (χ0n) is 14.8. The molecule has 0 amide bonds. The minimum atomic E-state index is 0.613. The standard InChI is InChI=1S/C22H30N2/c1-19(23-15-8-13-20-9-4-2-5-10-20)22-14-16-24(18-22)17-21-11-6-3-7-12-21/h2-7,9-12,19,22-23H,8,13-18H2,1H3/t19-,22-/m0/s1. The molecule has 128 valence electrons. The third kappa shape index (κ3) is 5.19. The van der Waals surface area contributed by atoms with E-state index in [1.165, 1.54) is 43.5 Å². The van der Waals surface area contributed by atoms with Gasteiger partial charge in [-0.05, 0) is 56.3 Å². The van der Waals surface area contributed by atoms with Crippen LogP contribution < -0.4 is 5.32 Å². The Morgan fingerprint density at radius 1 is 1.00 bits per heavy atom. The van der Waals surface area contributed by atoms with Crippen LogP contribution in [0.1, 0.15) is 30.9 Å². The number of benzene rings is 2. The summed E-state index contributed by atoms with van der Waals surface area (Å²) in [6, 6.07) is 22.3. The third-order valence-electron chi connectivity index (χ3n) is 5.22. The van der Waals surface area contributed by atoms with Gasteiger partial charge in [-0.15, -0.1) is 0 Å². The molecule has 1 heterocycles. The summed E-state index contributed by atoms with van der Waals surface area (Å²) in [5, 5.41) is 3.75. The molecule has 3 rings (SSSR count). The molecule has 2 aromatic carbocycles. The molecule has 1 N–H and O–H groups in total. The first kappa shape index (κ1) is 17.2. The lowest BCUT2D eigenvalue weighted by molar-refractivity contribution is 0.297. The normalized spacial score (nSPS) is 19.5. The maximum atomic E-state index is 3.75. The van der Waals surface area contributed by atoms with Crippen molar-refractivity contribution in [2.45, 2.75) is 38.8 Å². The molecule has 0 unspecified atom stereocenters. The SMILES string of the molecule is C[C@H](NCCCc1ccccc1)[C@H]1CCN(Cc2ccccc2)C1. The average molecular weight is 322 g/mol. The van der Waals surface area contributed by atoms with Gasteiger partial charge in [-0.2, -0.15) is 0 Å². The van der Waals surface area contributed by atoms with E-state index in [9.17, 15) is 0 Å². The van der Waals surface area contributed by atoms with Gasteiger partial charge >= 0.3 is 0 Å². The van der Waals surface area contributed by atoms with Crippen LogP contribution in [-0.4, -0.2) is 30.6 Å². The highest BCUT2D eigenvalue weighted by atomic mass is 15.2. The Labute approximate surface area is 146 Å². The summed E-state index contributed by atoms with van der Waals surface area (Å²) < 4.78 is 0. The monoisotopic (exact) mass is 322 g/mol. The van der Waals surface area contributed by atoms with Crippen LogP contribution in [0.25, 0.3) is 0 Å². The van der Waals surface area contributed by atoms with E-state index in [2.05, 4.69) is 77.8 Å². The minimum absolute atomic E-state index is 0.613. The Morgan fingerprint density at radius 2 is 1.67 bits per heavy atom. The summed E-state index contributed by atoms with van der Waals surface area (Å²) >= 11 is 0. The molecular weight excluding hydrogens is 292 g/mol. The highest BCUT2D eigenvalue weighted by molar-refractivity contribution is 5.15. The van der Waals surface area contributed by atoms with Crippen LogP contribution in [-0.2, 0) is 13.0 Å². The van der Waals surface area contributed by atoms with Gasteiger partial charge in [0.1, 0.15) is 0 Å². The molecule has 0 radical (unpaired) electrons. The van der Waals surface area contributed by atoms with E-state index in [-0.39, 0.29) is 0 Å². The Hall–Kier alpha value is -1.64. The van der Waals surface area contributed by atoms with Gasteiger partial charge in [0, 0.05) is 19.1 Å². The van der Waals surface area contributed by atoms with Crippen LogP contribution in [0.4, 0.5) is 0 Å². The van der Waals surface area contributed by atoms with E-state index in [1.807, 2.05) is 0 Å². The lowest BCUT2D eigenvalue weighted by atomic mass is 10.0. The Balaban J connectivity index is 1.35. The lowest BCUT2D eigenvalue weighted by Gasteiger charge is -2.22. The quantitative estimate of drug-likeness (QED) is 0.736. The van der Waals surface area contributed by atoms with E-state index in [4.69, 9.17) is 0 Å². The Kier molecular flexibility index (Phi) is 6.45. The van der Waals surface area contributed by atoms with Crippen LogP contribution in [0, 0.1) is 5.92 Å². The van der Waals surface area contributed by atoms with Gasteiger partial charge < -0.3 is 5.32 Å². The van der Waals surface area contributed by atoms with Gasteiger partial charge in [0.05, 0.1) is 0 Å². The number of likely N-dealkylation sites (tertiary alicyclic amines) is 1. The fourth-order valence-electron chi connectivity index (χ4n) is 3.69. The fourth-order valence-corrected chi connectivity index (χ4v) is 3.69. The van der Waals surface area contributed by atoms with Gasteiger partial charge in [-0.3, -0.25) is 4.90 Å². The van der Waals surface area contributed by atoms with Crippen molar-refractivity contribution >= 4 is 0 Å².